The molecule has 0 spiro atoms. The average Bonchev–Trinajstić information content (AvgIpc) is 3.25. The van der Waals surface area contributed by atoms with E-state index in [1.165, 1.54) is 0 Å². The Kier molecular flexibility index (Phi) is 4.08. The summed E-state index contributed by atoms with van der Waals surface area (Å²) in [5, 5.41) is 10.7. The molecular weight excluding hydrogens is 353 g/mol. The summed E-state index contributed by atoms with van der Waals surface area (Å²) in [6.07, 6.45) is -2.66. The van der Waals surface area contributed by atoms with Crippen LogP contribution in [-0.4, -0.2) is 50.9 Å². The van der Waals surface area contributed by atoms with Crippen molar-refractivity contribution in [3.05, 3.63) is 41.2 Å². The smallest absolute Gasteiger partial charge is 0.344 e. The fourth-order valence-electron chi connectivity index (χ4n) is 2.91. The maximum Gasteiger partial charge on any atom is 0.445 e. The lowest BCUT2D eigenvalue weighted by Crippen LogP contribution is -2.46. The summed E-state index contributed by atoms with van der Waals surface area (Å²) in [6, 6.07) is 7.99. The SMILES string of the molecule is FC(F)(F)c1nnc(N2CCN(Cc3cccc4ccnn34)CC2)s1. The first-order chi connectivity index (χ1) is 12.0. The van der Waals surface area contributed by atoms with E-state index in [4.69, 9.17) is 0 Å². The van der Waals surface area contributed by atoms with Crippen LogP contribution in [0.2, 0.25) is 0 Å². The minimum atomic E-state index is -4.43. The average molecular weight is 368 g/mol. The molecule has 1 aliphatic heterocycles. The first-order valence-electron chi connectivity index (χ1n) is 7.80. The molecule has 0 amide bonds. The molecule has 25 heavy (non-hydrogen) atoms. The number of pyridine rings is 1. The maximum atomic E-state index is 12.6. The van der Waals surface area contributed by atoms with E-state index in [1.807, 2.05) is 33.7 Å². The monoisotopic (exact) mass is 368 g/mol. The molecule has 10 heteroatoms. The highest BCUT2D eigenvalue weighted by atomic mass is 32.1. The Balaban J connectivity index is 1.40. The van der Waals surface area contributed by atoms with E-state index in [1.54, 1.807) is 6.20 Å². The van der Waals surface area contributed by atoms with Gasteiger partial charge in [0, 0.05) is 38.9 Å². The van der Waals surface area contributed by atoms with Gasteiger partial charge in [0.25, 0.3) is 0 Å². The van der Waals surface area contributed by atoms with Gasteiger partial charge in [-0.05, 0) is 18.2 Å². The summed E-state index contributed by atoms with van der Waals surface area (Å²) in [4.78, 5) is 4.12. The molecule has 0 unspecified atom stereocenters. The number of anilines is 1. The van der Waals surface area contributed by atoms with Gasteiger partial charge in [-0.2, -0.15) is 18.3 Å². The van der Waals surface area contributed by atoms with E-state index >= 15 is 0 Å². The standard InChI is InChI=1S/C15H15F3N6S/c16-15(17,18)13-20-21-14(25-13)23-8-6-22(7-9-23)10-12-3-1-2-11-4-5-19-24(11)12/h1-5H,6-10H2. The minimum Gasteiger partial charge on any atom is -0.344 e. The van der Waals surface area contributed by atoms with Gasteiger partial charge in [-0.3, -0.25) is 4.90 Å². The number of rotatable bonds is 3. The summed E-state index contributed by atoms with van der Waals surface area (Å²) in [5.41, 5.74) is 2.14. The topological polar surface area (TPSA) is 49.6 Å². The van der Waals surface area contributed by atoms with E-state index in [-0.39, 0.29) is 0 Å². The molecule has 0 aliphatic carbocycles. The molecule has 0 saturated carbocycles. The van der Waals surface area contributed by atoms with Gasteiger partial charge < -0.3 is 4.90 Å². The van der Waals surface area contributed by atoms with Crippen molar-refractivity contribution in [3.8, 4) is 0 Å². The molecule has 3 aromatic rings. The highest BCUT2D eigenvalue weighted by Gasteiger charge is 2.36. The number of aromatic nitrogens is 4. The minimum absolute atomic E-state index is 0.334. The van der Waals surface area contributed by atoms with Gasteiger partial charge in [0.15, 0.2) is 0 Å². The Hall–Kier alpha value is -2.20. The lowest BCUT2D eigenvalue weighted by Gasteiger charge is -2.34. The number of hydrogen-bond acceptors (Lipinski definition) is 6. The van der Waals surface area contributed by atoms with Crippen LogP contribution >= 0.6 is 11.3 Å². The second kappa shape index (κ2) is 6.26. The normalized spacial score (nSPS) is 16.7. The zero-order valence-corrected chi connectivity index (χ0v) is 14.0. The third-order valence-electron chi connectivity index (χ3n) is 4.18. The quantitative estimate of drug-likeness (QED) is 0.711. The van der Waals surface area contributed by atoms with E-state index in [0.717, 1.165) is 30.8 Å². The van der Waals surface area contributed by atoms with E-state index in [2.05, 4.69) is 20.2 Å². The Morgan fingerprint density at radius 1 is 1.04 bits per heavy atom. The highest BCUT2D eigenvalue weighted by Crippen LogP contribution is 2.34. The third-order valence-corrected chi connectivity index (χ3v) is 5.21. The summed E-state index contributed by atoms with van der Waals surface area (Å²) < 4.78 is 39.8. The van der Waals surface area contributed by atoms with Crippen LogP contribution in [-0.2, 0) is 12.7 Å². The Labute approximate surface area is 145 Å². The third kappa shape index (κ3) is 3.31. The second-order valence-corrected chi connectivity index (χ2v) is 6.79. The van der Waals surface area contributed by atoms with Crippen LogP contribution in [0.3, 0.4) is 0 Å². The van der Waals surface area contributed by atoms with Crippen LogP contribution < -0.4 is 4.90 Å². The van der Waals surface area contributed by atoms with E-state index in [0.29, 0.717) is 29.6 Å². The van der Waals surface area contributed by atoms with Gasteiger partial charge in [-0.15, -0.1) is 10.2 Å². The summed E-state index contributed by atoms with van der Waals surface area (Å²) >= 11 is 0.601. The Morgan fingerprint density at radius 3 is 2.56 bits per heavy atom. The molecule has 4 rings (SSSR count). The number of piperazine rings is 1. The molecule has 1 saturated heterocycles. The maximum absolute atomic E-state index is 12.6. The largest absolute Gasteiger partial charge is 0.445 e. The van der Waals surface area contributed by atoms with Crippen molar-refractivity contribution in [1.82, 2.24) is 24.7 Å². The lowest BCUT2D eigenvalue weighted by molar-refractivity contribution is -0.138. The zero-order chi connectivity index (χ0) is 17.4. The fourth-order valence-corrected chi connectivity index (χ4v) is 3.68. The van der Waals surface area contributed by atoms with Gasteiger partial charge in [-0.25, -0.2) is 4.52 Å². The number of halogens is 3. The van der Waals surface area contributed by atoms with Crippen molar-refractivity contribution in [2.24, 2.45) is 0 Å². The molecule has 1 fully saturated rings. The lowest BCUT2D eigenvalue weighted by atomic mass is 10.2. The van der Waals surface area contributed by atoms with Crippen LogP contribution in [0, 0.1) is 0 Å². The van der Waals surface area contributed by atoms with Gasteiger partial charge in [0.05, 0.1) is 11.2 Å². The highest BCUT2D eigenvalue weighted by molar-refractivity contribution is 7.15. The molecule has 0 bridgehead atoms. The van der Waals surface area contributed by atoms with Crippen LogP contribution in [0.1, 0.15) is 10.7 Å². The van der Waals surface area contributed by atoms with Crippen LogP contribution in [0.4, 0.5) is 18.3 Å². The number of hydrogen-bond donors (Lipinski definition) is 0. The van der Waals surface area contributed by atoms with Gasteiger partial charge >= 0.3 is 6.18 Å². The first kappa shape index (κ1) is 16.3. The van der Waals surface area contributed by atoms with Crippen LogP contribution in [0.15, 0.2) is 30.5 Å². The van der Waals surface area contributed by atoms with Gasteiger partial charge in [0.2, 0.25) is 10.1 Å². The van der Waals surface area contributed by atoms with Gasteiger partial charge in [0.1, 0.15) is 0 Å². The molecule has 0 aromatic carbocycles. The summed E-state index contributed by atoms with van der Waals surface area (Å²) in [5.74, 6) is 0. The predicted molar refractivity (Wildman–Crippen MR) is 87.6 cm³/mol. The molecule has 0 atom stereocenters. The molecule has 3 aromatic heterocycles. The number of fused-ring (bicyclic) bond motifs is 1. The molecular formula is C15H15F3N6S. The second-order valence-electron chi connectivity index (χ2n) is 5.84. The summed E-state index contributed by atoms with van der Waals surface area (Å²) in [6.45, 7) is 3.50. The fraction of sp³-hybridized carbons (Fsp3) is 0.400. The van der Waals surface area contributed by atoms with E-state index < -0.39 is 11.2 Å². The Bertz CT molecular complexity index is 865. The summed E-state index contributed by atoms with van der Waals surface area (Å²) in [7, 11) is 0. The predicted octanol–water partition coefficient (Wildman–Crippen LogP) is 2.53. The van der Waals surface area contributed by atoms with Crippen molar-refractivity contribution >= 4 is 22.0 Å². The van der Waals surface area contributed by atoms with Crippen LogP contribution in [0.5, 0.6) is 0 Å². The molecule has 1 aliphatic rings. The van der Waals surface area contributed by atoms with Gasteiger partial charge in [-0.1, -0.05) is 17.4 Å². The number of nitrogens with zero attached hydrogens (tertiary/aromatic N) is 6. The first-order valence-corrected chi connectivity index (χ1v) is 8.62. The van der Waals surface area contributed by atoms with Crippen molar-refractivity contribution in [2.45, 2.75) is 12.7 Å². The molecule has 0 radical (unpaired) electrons. The van der Waals surface area contributed by atoms with Crippen molar-refractivity contribution in [2.75, 3.05) is 31.1 Å². The zero-order valence-electron chi connectivity index (χ0n) is 13.1. The van der Waals surface area contributed by atoms with Crippen molar-refractivity contribution in [3.63, 3.8) is 0 Å². The molecule has 132 valence electrons. The Morgan fingerprint density at radius 2 is 1.84 bits per heavy atom. The van der Waals surface area contributed by atoms with E-state index in [9.17, 15) is 13.2 Å². The van der Waals surface area contributed by atoms with Crippen molar-refractivity contribution < 1.29 is 13.2 Å². The van der Waals surface area contributed by atoms with Crippen LogP contribution in [0.25, 0.3) is 5.52 Å². The van der Waals surface area contributed by atoms with Crippen molar-refractivity contribution in [1.29, 1.82) is 0 Å². The molecule has 4 heterocycles. The molecule has 0 N–H and O–H groups in total. The molecule has 6 nitrogen and oxygen atoms in total. The number of alkyl halides is 3.